The third-order valence-electron chi connectivity index (χ3n) is 5.92. The van der Waals surface area contributed by atoms with Crippen molar-refractivity contribution in [2.75, 3.05) is 7.05 Å². The summed E-state index contributed by atoms with van der Waals surface area (Å²) in [6.45, 7) is 1.59. The molecule has 0 radical (unpaired) electrons. The summed E-state index contributed by atoms with van der Waals surface area (Å²) in [6.07, 6.45) is 0.336. The van der Waals surface area contributed by atoms with Gasteiger partial charge in [-0.15, -0.1) is 10.2 Å². The highest BCUT2D eigenvalue weighted by atomic mass is 32.2. The van der Waals surface area contributed by atoms with E-state index in [2.05, 4.69) is 22.1 Å². The normalized spacial score (nSPS) is 23.2. The molecule has 2 bridgehead atoms. The number of thioether (sulfide) groups is 1. The van der Waals surface area contributed by atoms with Crippen LogP contribution in [0.25, 0.3) is 11.3 Å². The quantitative estimate of drug-likeness (QED) is 0.655. The molecule has 31 heavy (non-hydrogen) atoms. The Morgan fingerprint density at radius 1 is 1.16 bits per heavy atom. The molecular weight excluding hydrogens is 431 g/mol. The zero-order valence-corrected chi connectivity index (χ0v) is 18.0. The van der Waals surface area contributed by atoms with Gasteiger partial charge in [0.25, 0.3) is 6.47 Å². The van der Waals surface area contributed by atoms with Crippen molar-refractivity contribution in [2.24, 2.45) is 0 Å². The molecule has 0 unspecified atom stereocenters. The van der Waals surface area contributed by atoms with E-state index >= 15 is 0 Å². The molecule has 0 saturated carbocycles. The van der Waals surface area contributed by atoms with Crippen molar-refractivity contribution in [2.45, 2.75) is 61.1 Å². The van der Waals surface area contributed by atoms with Gasteiger partial charge in [-0.3, -0.25) is 9.69 Å². The molecule has 1 aromatic carbocycles. The SMILES string of the molecule is Cc1cc(S[C@@H]2CC[C@@H]3CC[C@H]2N3C)nnc1-c1ccc(C(F)(F)F)cc1O.O=CO. The van der Waals surface area contributed by atoms with Crippen LogP contribution < -0.4 is 0 Å². The van der Waals surface area contributed by atoms with Crippen molar-refractivity contribution in [3.8, 4) is 17.0 Å². The highest BCUT2D eigenvalue weighted by Crippen LogP contribution is 2.42. The Bertz CT molecular complexity index is 942. The number of phenols is 1. The fraction of sp³-hybridized carbons (Fsp3) is 0.476. The summed E-state index contributed by atoms with van der Waals surface area (Å²) in [5, 5.41) is 26.8. The second kappa shape index (κ2) is 9.44. The van der Waals surface area contributed by atoms with Crippen molar-refractivity contribution in [3.05, 3.63) is 35.4 Å². The fourth-order valence-electron chi connectivity index (χ4n) is 4.37. The predicted molar refractivity (Wildman–Crippen MR) is 111 cm³/mol. The number of nitrogens with zero attached hydrogens (tertiary/aromatic N) is 3. The van der Waals surface area contributed by atoms with E-state index in [1.165, 1.54) is 25.3 Å². The Labute approximate surface area is 182 Å². The van der Waals surface area contributed by atoms with Gasteiger partial charge in [-0.1, -0.05) is 11.8 Å². The van der Waals surface area contributed by atoms with Crippen LogP contribution in [0.1, 0.15) is 36.8 Å². The lowest BCUT2D eigenvalue weighted by molar-refractivity contribution is -0.137. The number of benzene rings is 1. The second-order valence-electron chi connectivity index (χ2n) is 7.75. The van der Waals surface area contributed by atoms with Crippen LogP contribution in [0, 0.1) is 6.92 Å². The summed E-state index contributed by atoms with van der Waals surface area (Å²) in [6, 6.07) is 6.10. The molecule has 2 aliphatic rings. The molecule has 0 amide bonds. The smallest absolute Gasteiger partial charge is 0.416 e. The number of hydrogen-bond donors (Lipinski definition) is 2. The largest absolute Gasteiger partial charge is 0.507 e. The van der Waals surface area contributed by atoms with Crippen molar-refractivity contribution < 1.29 is 28.2 Å². The van der Waals surface area contributed by atoms with Gasteiger partial charge in [0.1, 0.15) is 10.8 Å². The van der Waals surface area contributed by atoms with Gasteiger partial charge in [0, 0.05) is 22.9 Å². The number of aromatic nitrogens is 2. The number of hydrogen-bond acceptors (Lipinski definition) is 6. The van der Waals surface area contributed by atoms with Crippen molar-refractivity contribution in [1.82, 2.24) is 15.1 Å². The number of carbonyl (C=O) groups is 1. The molecule has 0 aliphatic carbocycles. The van der Waals surface area contributed by atoms with Crippen LogP contribution in [-0.2, 0) is 11.0 Å². The number of halogens is 3. The van der Waals surface area contributed by atoms with Gasteiger partial charge in [-0.05, 0) is 69.5 Å². The number of rotatable bonds is 3. The summed E-state index contributed by atoms with van der Waals surface area (Å²) in [5.74, 6) is -0.446. The van der Waals surface area contributed by atoms with Crippen molar-refractivity contribution in [3.63, 3.8) is 0 Å². The number of aromatic hydroxyl groups is 1. The number of carboxylic acid groups (broad SMARTS) is 1. The van der Waals surface area contributed by atoms with Gasteiger partial charge in [0.2, 0.25) is 0 Å². The molecular formula is C21H24F3N3O3S. The molecule has 2 N–H and O–H groups in total. The second-order valence-corrected chi connectivity index (χ2v) is 9.01. The van der Waals surface area contributed by atoms with Crippen LogP contribution in [0.2, 0.25) is 0 Å². The van der Waals surface area contributed by atoms with Crippen LogP contribution >= 0.6 is 11.8 Å². The highest BCUT2D eigenvalue weighted by Gasteiger charge is 2.40. The summed E-state index contributed by atoms with van der Waals surface area (Å²) in [7, 11) is 2.20. The molecule has 1 aromatic heterocycles. The predicted octanol–water partition coefficient (Wildman–Crippen LogP) is 4.59. The minimum atomic E-state index is -4.50. The standard InChI is InChI=1S/C20H22F3N3OS.CH2O2/c1-11-9-18(28-17-8-5-13-4-7-15(17)26(13)2)24-25-19(11)14-6-3-12(10-16(14)27)20(21,22)23;2-1-3/h3,6,9-10,13,15,17,27H,4-5,7-8H2,1-2H3;1H,(H,2,3)/t13-,15+,17+;/m0./s1. The maximum atomic E-state index is 12.8. The summed E-state index contributed by atoms with van der Waals surface area (Å²) in [5.41, 5.74) is 0.548. The Morgan fingerprint density at radius 2 is 1.84 bits per heavy atom. The number of phenolic OH excluding ortho intramolecular Hbond substituents is 1. The highest BCUT2D eigenvalue weighted by molar-refractivity contribution is 7.99. The van der Waals surface area contributed by atoms with Gasteiger partial charge in [0.15, 0.2) is 0 Å². The van der Waals surface area contributed by atoms with Crippen LogP contribution in [0.15, 0.2) is 29.3 Å². The third-order valence-corrected chi connectivity index (χ3v) is 7.22. The topological polar surface area (TPSA) is 86.5 Å². The average molecular weight is 456 g/mol. The van der Waals surface area contributed by atoms with Crippen LogP contribution in [0.3, 0.4) is 0 Å². The first-order chi connectivity index (χ1) is 14.7. The molecule has 2 aromatic rings. The average Bonchev–Trinajstić information content (AvgIpc) is 2.92. The Morgan fingerprint density at radius 3 is 2.45 bits per heavy atom. The fourth-order valence-corrected chi connectivity index (χ4v) is 5.75. The molecule has 168 valence electrons. The van der Waals surface area contributed by atoms with E-state index < -0.39 is 17.5 Å². The zero-order chi connectivity index (χ0) is 22.8. The maximum Gasteiger partial charge on any atom is 0.416 e. The maximum absolute atomic E-state index is 12.8. The molecule has 0 spiro atoms. The first kappa shape index (κ1) is 23.3. The molecule has 3 atom stereocenters. The molecule has 3 heterocycles. The number of piperidine rings is 1. The van der Waals surface area contributed by atoms with E-state index in [-0.39, 0.29) is 12.0 Å². The van der Waals surface area contributed by atoms with Crippen LogP contribution in [-0.4, -0.2) is 56.2 Å². The zero-order valence-electron chi connectivity index (χ0n) is 17.1. The van der Waals surface area contributed by atoms with Crippen LogP contribution in [0.4, 0.5) is 13.2 Å². The first-order valence-electron chi connectivity index (χ1n) is 9.87. The Balaban J connectivity index is 0.000000858. The van der Waals surface area contributed by atoms with Gasteiger partial charge in [-0.2, -0.15) is 13.2 Å². The number of alkyl halides is 3. The molecule has 2 aliphatic heterocycles. The van der Waals surface area contributed by atoms with E-state index in [0.717, 1.165) is 29.1 Å². The molecule has 2 fully saturated rings. The third kappa shape index (κ3) is 5.12. The number of aryl methyl sites for hydroxylation is 1. The van der Waals surface area contributed by atoms with Gasteiger partial charge in [0.05, 0.1) is 11.3 Å². The van der Waals surface area contributed by atoms with Crippen LogP contribution in [0.5, 0.6) is 5.75 Å². The van der Waals surface area contributed by atoms with Gasteiger partial charge in [-0.25, -0.2) is 0 Å². The van der Waals surface area contributed by atoms with E-state index in [1.807, 2.05) is 13.0 Å². The minimum Gasteiger partial charge on any atom is -0.507 e. The number of fused-ring (bicyclic) bond motifs is 2. The summed E-state index contributed by atoms with van der Waals surface area (Å²) in [4.78, 5) is 10.8. The lowest BCUT2D eigenvalue weighted by Gasteiger charge is -2.36. The van der Waals surface area contributed by atoms with Gasteiger partial charge < -0.3 is 10.2 Å². The minimum absolute atomic E-state index is 0.250. The van der Waals surface area contributed by atoms with E-state index in [4.69, 9.17) is 9.90 Å². The molecule has 6 nitrogen and oxygen atoms in total. The monoisotopic (exact) mass is 455 g/mol. The molecule has 4 rings (SSSR count). The first-order valence-corrected chi connectivity index (χ1v) is 10.7. The van der Waals surface area contributed by atoms with E-state index in [0.29, 0.717) is 23.0 Å². The summed E-state index contributed by atoms with van der Waals surface area (Å²) >= 11 is 1.73. The van der Waals surface area contributed by atoms with E-state index in [9.17, 15) is 18.3 Å². The van der Waals surface area contributed by atoms with Gasteiger partial charge >= 0.3 is 6.18 Å². The summed E-state index contributed by atoms with van der Waals surface area (Å²) < 4.78 is 38.4. The lowest BCUT2D eigenvalue weighted by Crippen LogP contribution is -2.43. The Hall–Kier alpha value is -2.33. The van der Waals surface area contributed by atoms with Crippen molar-refractivity contribution in [1.29, 1.82) is 0 Å². The molecule has 2 saturated heterocycles. The van der Waals surface area contributed by atoms with E-state index in [1.54, 1.807) is 11.8 Å². The lowest BCUT2D eigenvalue weighted by atomic mass is 10.0. The Kier molecular flexibility index (Phi) is 7.10. The van der Waals surface area contributed by atoms with Crippen molar-refractivity contribution >= 4 is 18.2 Å². The molecule has 10 heteroatoms.